The van der Waals surface area contributed by atoms with Gasteiger partial charge in [-0.15, -0.1) is 0 Å². The Morgan fingerprint density at radius 1 is 1.15 bits per heavy atom. The fraction of sp³-hybridized carbons (Fsp3) is 0.375. The summed E-state index contributed by atoms with van der Waals surface area (Å²) in [6.45, 7) is 6.38. The van der Waals surface area contributed by atoms with Crippen molar-refractivity contribution in [3.8, 4) is 11.4 Å². The second kappa shape index (κ2) is 6.35. The van der Waals surface area contributed by atoms with Crippen molar-refractivity contribution >= 4 is 21.7 Å². The largest absolute Gasteiger partial charge is 0.372 e. The number of aromatic nitrogens is 2. The molecule has 0 fully saturated rings. The number of hydrogen-bond donors (Lipinski definition) is 1. The van der Waals surface area contributed by atoms with Crippen molar-refractivity contribution in [1.29, 1.82) is 0 Å². The first-order chi connectivity index (χ1) is 9.56. The molecular formula is C16H20BrN3. The highest BCUT2D eigenvalue weighted by atomic mass is 79.9. The van der Waals surface area contributed by atoms with Crippen molar-refractivity contribution in [2.75, 3.05) is 12.4 Å². The van der Waals surface area contributed by atoms with Crippen molar-refractivity contribution in [1.82, 2.24) is 9.97 Å². The third-order valence-corrected chi connectivity index (χ3v) is 4.24. The number of nitrogens with one attached hydrogen (secondary N) is 1. The molecule has 4 heteroatoms. The molecular weight excluding hydrogens is 314 g/mol. The molecule has 1 heterocycles. The number of rotatable bonds is 4. The second-order valence-corrected chi connectivity index (χ2v) is 5.75. The van der Waals surface area contributed by atoms with Gasteiger partial charge in [-0.05, 0) is 53.4 Å². The average Bonchev–Trinajstić information content (AvgIpc) is 2.44. The molecule has 0 aliphatic heterocycles. The van der Waals surface area contributed by atoms with Crippen LogP contribution in [0.2, 0.25) is 0 Å². The number of halogens is 1. The summed E-state index contributed by atoms with van der Waals surface area (Å²) in [5.74, 6) is 1.63. The van der Waals surface area contributed by atoms with Gasteiger partial charge in [0.1, 0.15) is 5.82 Å². The zero-order chi connectivity index (χ0) is 14.7. The first-order valence-corrected chi connectivity index (χ1v) is 7.68. The van der Waals surface area contributed by atoms with Crippen LogP contribution in [0, 0.1) is 13.8 Å². The Labute approximate surface area is 129 Å². The second-order valence-electron chi connectivity index (χ2n) is 4.96. The lowest BCUT2D eigenvalue weighted by atomic mass is 10.1. The van der Waals surface area contributed by atoms with E-state index >= 15 is 0 Å². The van der Waals surface area contributed by atoms with Crippen molar-refractivity contribution in [3.63, 3.8) is 0 Å². The van der Waals surface area contributed by atoms with Crippen LogP contribution in [0.25, 0.3) is 11.4 Å². The Hall–Kier alpha value is -1.42. The zero-order valence-electron chi connectivity index (χ0n) is 12.4. The zero-order valence-corrected chi connectivity index (χ0v) is 14.0. The van der Waals surface area contributed by atoms with E-state index in [9.17, 15) is 0 Å². The van der Waals surface area contributed by atoms with Gasteiger partial charge in [-0.1, -0.05) is 25.5 Å². The molecule has 3 nitrogen and oxygen atoms in total. The molecule has 0 aliphatic rings. The molecule has 1 aromatic carbocycles. The molecule has 0 bridgehead atoms. The quantitative estimate of drug-likeness (QED) is 0.893. The SMILES string of the molecule is CCCc1nc(-c2ccc(C)c(C)c2)nc(NC)c1Br. The van der Waals surface area contributed by atoms with E-state index in [4.69, 9.17) is 4.98 Å². The topological polar surface area (TPSA) is 37.8 Å². The summed E-state index contributed by atoms with van der Waals surface area (Å²) in [6.07, 6.45) is 2.00. The summed E-state index contributed by atoms with van der Waals surface area (Å²) >= 11 is 3.59. The maximum absolute atomic E-state index is 4.71. The van der Waals surface area contributed by atoms with Crippen LogP contribution in [-0.2, 0) is 6.42 Å². The van der Waals surface area contributed by atoms with Gasteiger partial charge in [0.05, 0.1) is 10.2 Å². The van der Waals surface area contributed by atoms with Gasteiger partial charge in [0.15, 0.2) is 5.82 Å². The Bertz CT molecular complexity index is 623. The van der Waals surface area contributed by atoms with E-state index in [1.807, 2.05) is 7.05 Å². The lowest BCUT2D eigenvalue weighted by molar-refractivity contribution is 0.869. The molecule has 0 saturated heterocycles. The Kier molecular flexibility index (Phi) is 4.76. The smallest absolute Gasteiger partial charge is 0.161 e. The molecule has 0 amide bonds. The average molecular weight is 334 g/mol. The van der Waals surface area contributed by atoms with Crippen LogP contribution < -0.4 is 5.32 Å². The fourth-order valence-corrected chi connectivity index (χ4v) is 2.65. The van der Waals surface area contributed by atoms with Gasteiger partial charge in [-0.25, -0.2) is 9.97 Å². The maximum atomic E-state index is 4.71. The van der Waals surface area contributed by atoms with E-state index in [0.717, 1.165) is 40.2 Å². The van der Waals surface area contributed by atoms with E-state index in [0.29, 0.717) is 0 Å². The van der Waals surface area contributed by atoms with Crippen molar-refractivity contribution in [2.24, 2.45) is 0 Å². The van der Waals surface area contributed by atoms with Crippen LogP contribution in [0.1, 0.15) is 30.2 Å². The van der Waals surface area contributed by atoms with Gasteiger partial charge in [-0.2, -0.15) is 0 Å². The summed E-state index contributed by atoms with van der Waals surface area (Å²) in [6, 6.07) is 6.35. The van der Waals surface area contributed by atoms with E-state index in [2.05, 4.69) is 65.2 Å². The normalized spacial score (nSPS) is 10.7. The van der Waals surface area contributed by atoms with Gasteiger partial charge in [-0.3, -0.25) is 0 Å². The minimum atomic E-state index is 0.782. The van der Waals surface area contributed by atoms with Gasteiger partial charge in [0.25, 0.3) is 0 Å². The lowest BCUT2D eigenvalue weighted by Gasteiger charge is -2.11. The van der Waals surface area contributed by atoms with E-state index < -0.39 is 0 Å². The number of nitrogens with zero attached hydrogens (tertiary/aromatic N) is 2. The molecule has 20 heavy (non-hydrogen) atoms. The van der Waals surface area contributed by atoms with Crippen LogP contribution in [0.4, 0.5) is 5.82 Å². The molecule has 0 saturated carbocycles. The van der Waals surface area contributed by atoms with E-state index in [1.165, 1.54) is 11.1 Å². The van der Waals surface area contributed by atoms with Crippen molar-refractivity contribution in [2.45, 2.75) is 33.6 Å². The minimum absolute atomic E-state index is 0.782. The van der Waals surface area contributed by atoms with E-state index in [-0.39, 0.29) is 0 Å². The molecule has 1 aromatic heterocycles. The third-order valence-electron chi connectivity index (χ3n) is 3.41. The molecule has 0 aliphatic carbocycles. The molecule has 0 spiro atoms. The van der Waals surface area contributed by atoms with Crippen LogP contribution in [0.5, 0.6) is 0 Å². The Morgan fingerprint density at radius 3 is 2.50 bits per heavy atom. The summed E-state index contributed by atoms with van der Waals surface area (Å²) in [5, 5.41) is 3.13. The Morgan fingerprint density at radius 2 is 1.90 bits per heavy atom. The molecule has 0 atom stereocenters. The lowest BCUT2D eigenvalue weighted by Crippen LogP contribution is -2.03. The summed E-state index contributed by atoms with van der Waals surface area (Å²) in [7, 11) is 1.88. The molecule has 0 radical (unpaired) electrons. The van der Waals surface area contributed by atoms with E-state index in [1.54, 1.807) is 0 Å². The molecule has 2 aromatic rings. The number of benzene rings is 1. The first-order valence-electron chi connectivity index (χ1n) is 6.88. The first kappa shape index (κ1) is 15.0. The third kappa shape index (κ3) is 3.01. The highest BCUT2D eigenvalue weighted by Crippen LogP contribution is 2.28. The molecule has 1 N–H and O–H groups in total. The molecule has 0 unspecified atom stereocenters. The van der Waals surface area contributed by atoms with Crippen molar-refractivity contribution in [3.05, 3.63) is 39.5 Å². The van der Waals surface area contributed by atoms with Gasteiger partial charge >= 0.3 is 0 Å². The van der Waals surface area contributed by atoms with Gasteiger partial charge in [0.2, 0.25) is 0 Å². The van der Waals surface area contributed by atoms with Crippen LogP contribution in [-0.4, -0.2) is 17.0 Å². The molecule has 2 rings (SSSR count). The minimum Gasteiger partial charge on any atom is -0.372 e. The van der Waals surface area contributed by atoms with Crippen LogP contribution >= 0.6 is 15.9 Å². The number of anilines is 1. The Balaban J connectivity index is 2.55. The monoisotopic (exact) mass is 333 g/mol. The number of hydrogen-bond acceptors (Lipinski definition) is 3. The van der Waals surface area contributed by atoms with Gasteiger partial charge < -0.3 is 5.32 Å². The maximum Gasteiger partial charge on any atom is 0.161 e. The van der Waals surface area contributed by atoms with Crippen molar-refractivity contribution < 1.29 is 0 Å². The highest BCUT2D eigenvalue weighted by molar-refractivity contribution is 9.10. The standard InChI is InChI=1S/C16H20BrN3/c1-5-6-13-14(17)16(18-4)20-15(19-13)12-8-7-10(2)11(3)9-12/h7-9H,5-6H2,1-4H3,(H,18,19,20). The summed E-state index contributed by atoms with van der Waals surface area (Å²) in [5.41, 5.74) is 4.67. The summed E-state index contributed by atoms with van der Waals surface area (Å²) < 4.78 is 0.967. The molecule has 106 valence electrons. The fourth-order valence-electron chi connectivity index (χ4n) is 2.07. The summed E-state index contributed by atoms with van der Waals surface area (Å²) in [4.78, 5) is 9.32. The predicted octanol–water partition coefficient (Wildman–Crippen LogP) is 4.52. The highest BCUT2D eigenvalue weighted by Gasteiger charge is 2.12. The number of aryl methyl sites for hydroxylation is 3. The predicted molar refractivity (Wildman–Crippen MR) is 88.2 cm³/mol. The van der Waals surface area contributed by atoms with Crippen LogP contribution in [0.3, 0.4) is 0 Å². The van der Waals surface area contributed by atoms with Gasteiger partial charge in [0, 0.05) is 12.6 Å². The van der Waals surface area contributed by atoms with Crippen LogP contribution in [0.15, 0.2) is 22.7 Å².